The van der Waals surface area contributed by atoms with E-state index in [0.29, 0.717) is 11.1 Å². The summed E-state index contributed by atoms with van der Waals surface area (Å²) in [6.45, 7) is 3.74. The molecule has 0 fully saturated rings. The lowest BCUT2D eigenvalue weighted by atomic mass is 10.0. The smallest absolute Gasteiger partial charge is 0.407 e. The molecule has 0 bridgehead atoms. The van der Waals surface area contributed by atoms with E-state index in [1.807, 2.05) is 44.2 Å². The van der Waals surface area contributed by atoms with Gasteiger partial charge in [0.25, 0.3) is 6.01 Å². The maximum Gasteiger partial charge on any atom is 0.407 e. The second kappa shape index (κ2) is 13.2. The number of nitrogens with one attached hydrogen (secondary N) is 2. The minimum atomic E-state index is -4.04. The molecule has 2 aromatic carbocycles. The first-order chi connectivity index (χ1) is 19.2. The zero-order chi connectivity index (χ0) is 28.7. The van der Waals surface area contributed by atoms with Crippen LogP contribution in [0.25, 0.3) is 11.1 Å². The Morgan fingerprint density at radius 1 is 1.18 bits per heavy atom. The van der Waals surface area contributed by atoms with Crippen molar-refractivity contribution < 1.29 is 27.5 Å². The first-order valence-electron chi connectivity index (χ1n) is 12.8. The van der Waals surface area contributed by atoms with Crippen LogP contribution >= 0.6 is 11.3 Å². The lowest BCUT2D eigenvalue weighted by molar-refractivity contribution is 0.0876. The van der Waals surface area contributed by atoms with E-state index in [0.717, 1.165) is 10.4 Å². The number of aromatic nitrogens is 2. The van der Waals surface area contributed by atoms with Crippen LogP contribution in [0, 0.1) is 5.92 Å². The van der Waals surface area contributed by atoms with Gasteiger partial charge in [-0.1, -0.05) is 44.2 Å². The molecular weight excluding hydrogens is 554 g/mol. The first kappa shape index (κ1) is 29.5. The molecule has 4 aromatic rings. The number of ether oxygens (including phenoxy) is 1. The lowest BCUT2D eigenvalue weighted by Gasteiger charge is -2.30. The number of carbonyl (C=O) groups excluding carboxylic acids is 1. The van der Waals surface area contributed by atoms with Crippen LogP contribution in [0.1, 0.15) is 24.3 Å². The summed E-state index contributed by atoms with van der Waals surface area (Å²) >= 11 is 1.36. The molecule has 11 nitrogen and oxygen atoms in total. The Morgan fingerprint density at radius 3 is 2.62 bits per heavy atom. The predicted molar refractivity (Wildman–Crippen MR) is 153 cm³/mol. The number of amides is 1. The fourth-order valence-electron chi connectivity index (χ4n) is 4.13. The fraction of sp³-hybridized carbons (Fsp3) is 0.370. The van der Waals surface area contributed by atoms with Gasteiger partial charge in [0.2, 0.25) is 10.0 Å². The number of hydrogen-bond donors (Lipinski definition) is 3. The van der Waals surface area contributed by atoms with Crippen LogP contribution < -0.4 is 10.6 Å². The number of thiazole rings is 1. The lowest BCUT2D eigenvalue weighted by Crippen LogP contribution is -2.51. The maximum absolute atomic E-state index is 13.8. The van der Waals surface area contributed by atoms with E-state index >= 15 is 0 Å². The number of aliphatic hydroxyl groups excluding tert-OH is 1. The zero-order valence-electron chi connectivity index (χ0n) is 22.5. The van der Waals surface area contributed by atoms with Crippen molar-refractivity contribution in [3.8, 4) is 0 Å². The molecule has 0 spiro atoms. The molecule has 0 radical (unpaired) electrons. The normalized spacial score (nSPS) is 13.4. The summed E-state index contributed by atoms with van der Waals surface area (Å²) < 4.78 is 39.7. The van der Waals surface area contributed by atoms with E-state index in [1.54, 1.807) is 24.8 Å². The van der Waals surface area contributed by atoms with E-state index < -0.39 is 28.3 Å². The average Bonchev–Trinajstić information content (AvgIpc) is 3.60. The van der Waals surface area contributed by atoms with E-state index in [1.165, 1.54) is 27.8 Å². The maximum atomic E-state index is 13.8. The minimum absolute atomic E-state index is 0.0168. The number of fused-ring (bicyclic) bond motifs is 1. The Kier molecular flexibility index (Phi) is 9.74. The highest BCUT2D eigenvalue weighted by Crippen LogP contribution is 2.25. The van der Waals surface area contributed by atoms with E-state index in [-0.39, 0.29) is 42.9 Å². The molecule has 0 saturated heterocycles. The van der Waals surface area contributed by atoms with Gasteiger partial charge in [0.05, 0.1) is 27.4 Å². The first-order valence-corrected chi connectivity index (χ1v) is 15.1. The largest absolute Gasteiger partial charge is 0.444 e. The SMILES string of the molecule is CNc1nc2ccc(S(=O)(=O)N(CC(C)C)CC(O)C(Cc3ccccc3)NC(=O)OCc3cncs3)cc2o1. The molecule has 214 valence electrons. The number of anilines is 1. The van der Waals surface area contributed by atoms with Crippen molar-refractivity contribution in [2.75, 3.05) is 25.5 Å². The minimum Gasteiger partial charge on any atom is -0.444 e. The van der Waals surface area contributed by atoms with Crippen molar-refractivity contribution in [3.05, 3.63) is 70.7 Å². The predicted octanol–water partition coefficient (Wildman–Crippen LogP) is 3.87. The van der Waals surface area contributed by atoms with Gasteiger partial charge in [-0.05, 0) is 30.0 Å². The molecule has 2 aromatic heterocycles. The van der Waals surface area contributed by atoms with E-state index in [4.69, 9.17) is 9.15 Å². The number of rotatable bonds is 13. The number of aliphatic hydroxyl groups is 1. The third-order valence-corrected chi connectivity index (χ3v) is 8.65. The molecule has 0 aliphatic rings. The van der Waals surface area contributed by atoms with Gasteiger partial charge in [-0.15, -0.1) is 11.3 Å². The molecule has 2 heterocycles. The van der Waals surface area contributed by atoms with Gasteiger partial charge in [0.1, 0.15) is 12.1 Å². The van der Waals surface area contributed by atoms with Crippen molar-refractivity contribution in [2.24, 2.45) is 5.92 Å². The molecule has 0 aliphatic heterocycles. The number of nitrogens with zero attached hydrogens (tertiary/aromatic N) is 3. The molecule has 2 atom stereocenters. The van der Waals surface area contributed by atoms with Crippen LogP contribution in [0.4, 0.5) is 10.8 Å². The number of alkyl carbamates (subject to hydrolysis) is 1. The molecule has 4 rings (SSSR count). The van der Waals surface area contributed by atoms with E-state index in [9.17, 15) is 18.3 Å². The Bertz CT molecular complexity index is 1490. The summed E-state index contributed by atoms with van der Waals surface area (Å²) in [5, 5.41) is 16.9. The number of benzene rings is 2. The summed E-state index contributed by atoms with van der Waals surface area (Å²) in [6.07, 6.45) is -0.0832. The summed E-state index contributed by atoms with van der Waals surface area (Å²) in [7, 11) is -2.38. The molecule has 1 amide bonds. The van der Waals surface area contributed by atoms with Gasteiger partial charge in [0, 0.05) is 32.4 Å². The van der Waals surface area contributed by atoms with Gasteiger partial charge in [0.15, 0.2) is 5.58 Å². The van der Waals surface area contributed by atoms with Crippen molar-refractivity contribution in [1.29, 1.82) is 0 Å². The zero-order valence-corrected chi connectivity index (χ0v) is 24.1. The summed E-state index contributed by atoms with van der Waals surface area (Å²) in [5.74, 6) is -0.0308. The fourth-order valence-corrected chi connectivity index (χ4v) is 6.27. The number of oxazole rings is 1. The summed E-state index contributed by atoms with van der Waals surface area (Å²) in [6, 6.07) is 13.3. The Labute approximate surface area is 237 Å². The highest BCUT2D eigenvalue weighted by atomic mass is 32.2. The van der Waals surface area contributed by atoms with Gasteiger partial charge in [-0.3, -0.25) is 4.98 Å². The Balaban J connectivity index is 1.55. The van der Waals surface area contributed by atoms with Crippen molar-refractivity contribution in [3.63, 3.8) is 0 Å². The van der Waals surface area contributed by atoms with Crippen molar-refractivity contribution >= 4 is 44.6 Å². The summed E-state index contributed by atoms with van der Waals surface area (Å²) in [5.41, 5.74) is 3.34. The molecule has 2 unspecified atom stereocenters. The highest BCUT2D eigenvalue weighted by molar-refractivity contribution is 7.89. The van der Waals surface area contributed by atoms with Gasteiger partial charge in [-0.25, -0.2) is 13.2 Å². The summed E-state index contributed by atoms with van der Waals surface area (Å²) in [4.78, 5) is 21.7. The van der Waals surface area contributed by atoms with Crippen LogP contribution in [-0.2, 0) is 27.8 Å². The van der Waals surface area contributed by atoms with Crippen LogP contribution in [0.3, 0.4) is 0 Å². The standard InChI is InChI=1S/C27H33N5O6S2/c1-18(2)14-32(40(35,36)21-9-10-22-25(12-21)38-26(28-3)30-22)15-24(33)23(11-19-7-5-4-6-8-19)31-27(34)37-16-20-13-29-17-39-20/h4-10,12-13,17-18,23-24,33H,11,14-16H2,1-3H3,(H,28,30)(H,31,34). The average molecular weight is 588 g/mol. The number of hydrogen-bond acceptors (Lipinski definition) is 10. The van der Waals surface area contributed by atoms with Gasteiger partial charge in [-0.2, -0.15) is 9.29 Å². The van der Waals surface area contributed by atoms with Crippen molar-refractivity contribution in [2.45, 2.75) is 43.9 Å². The molecule has 13 heteroatoms. The third kappa shape index (κ3) is 7.56. The van der Waals surface area contributed by atoms with Crippen LogP contribution in [0.2, 0.25) is 0 Å². The highest BCUT2D eigenvalue weighted by Gasteiger charge is 2.32. The monoisotopic (exact) mass is 587 g/mol. The Hall–Kier alpha value is -3.52. The quantitative estimate of drug-likeness (QED) is 0.212. The molecule has 0 aliphatic carbocycles. The van der Waals surface area contributed by atoms with Gasteiger partial charge < -0.3 is 24.9 Å². The second-order valence-corrected chi connectivity index (χ2v) is 12.6. The van der Waals surface area contributed by atoms with Crippen LogP contribution in [0.5, 0.6) is 0 Å². The second-order valence-electron chi connectivity index (χ2n) is 9.67. The van der Waals surface area contributed by atoms with E-state index in [2.05, 4.69) is 20.6 Å². The number of carbonyl (C=O) groups is 1. The molecular formula is C27H33N5O6S2. The topological polar surface area (TPSA) is 147 Å². The number of sulfonamides is 1. The molecule has 3 N–H and O–H groups in total. The Morgan fingerprint density at radius 2 is 1.95 bits per heavy atom. The van der Waals surface area contributed by atoms with Crippen LogP contribution in [0.15, 0.2) is 69.6 Å². The van der Waals surface area contributed by atoms with Gasteiger partial charge >= 0.3 is 6.09 Å². The van der Waals surface area contributed by atoms with Crippen molar-refractivity contribution in [1.82, 2.24) is 19.6 Å². The molecule has 0 saturated carbocycles. The molecule has 40 heavy (non-hydrogen) atoms. The van der Waals surface area contributed by atoms with Crippen LogP contribution in [-0.4, -0.2) is 66.2 Å². The third-order valence-electron chi connectivity index (χ3n) is 6.07.